The highest BCUT2D eigenvalue weighted by atomic mass is 35.5. The van der Waals surface area contributed by atoms with E-state index >= 15 is 0 Å². The summed E-state index contributed by atoms with van der Waals surface area (Å²) in [5.74, 6) is 0.574. The summed E-state index contributed by atoms with van der Waals surface area (Å²) < 4.78 is 0. The first kappa shape index (κ1) is 11.2. The van der Waals surface area contributed by atoms with Crippen LogP contribution in [0.2, 0.25) is 5.02 Å². The smallest absolute Gasteiger partial charge is 0.0562 e. The van der Waals surface area contributed by atoms with Crippen molar-refractivity contribution in [3.63, 3.8) is 0 Å². The Kier molecular flexibility index (Phi) is 4.00. The van der Waals surface area contributed by atoms with E-state index < -0.39 is 0 Å². The molecule has 0 spiro atoms. The quantitative estimate of drug-likeness (QED) is 0.475. The van der Waals surface area contributed by atoms with E-state index in [9.17, 15) is 0 Å². The molecule has 1 aliphatic carbocycles. The minimum Gasteiger partial charge on any atom is -0.279 e. The largest absolute Gasteiger partial charge is 0.279 e. The maximum absolute atomic E-state index is 5.79. The number of halogens is 1. The summed E-state index contributed by atoms with van der Waals surface area (Å²) >= 11 is 5.79. The first-order chi connectivity index (χ1) is 7.84. The van der Waals surface area contributed by atoms with Crippen LogP contribution in [0.4, 0.5) is 5.69 Å². The number of hydrogen-bond acceptors (Lipinski definition) is 2. The molecule has 1 aliphatic rings. The summed E-state index contributed by atoms with van der Waals surface area (Å²) in [5.41, 5.74) is 3.97. The van der Waals surface area contributed by atoms with E-state index in [0.717, 1.165) is 23.6 Å². The van der Waals surface area contributed by atoms with Crippen molar-refractivity contribution in [1.29, 1.82) is 0 Å². The van der Waals surface area contributed by atoms with Crippen LogP contribution in [-0.4, -0.2) is 6.21 Å². The Bertz CT molecular complexity index is 381. The van der Waals surface area contributed by atoms with Crippen molar-refractivity contribution < 1.29 is 0 Å². The summed E-state index contributed by atoms with van der Waals surface area (Å²) in [6, 6.07) is 7.53. The van der Waals surface area contributed by atoms with Crippen molar-refractivity contribution in [3.8, 4) is 0 Å². The SMILES string of the molecule is Clc1ccc(N/N=C\[C@@H]2CC=CCC2)cc1. The average molecular weight is 235 g/mol. The first-order valence-corrected chi connectivity index (χ1v) is 5.92. The second-order valence-corrected chi connectivity index (χ2v) is 4.38. The summed E-state index contributed by atoms with van der Waals surface area (Å²) in [7, 11) is 0. The fourth-order valence-electron chi connectivity index (χ4n) is 1.69. The molecule has 0 heterocycles. The molecule has 0 radical (unpaired) electrons. The highest BCUT2D eigenvalue weighted by Gasteiger charge is 2.05. The van der Waals surface area contributed by atoms with Gasteiger partial charge in [-0.25, -0.2) is 0 Å². The maximum Gasteiger partial charge on any atom is 0.0562 e. The lowest BCUT2D eigenvalue weighted by molar-refractivity contribution is 0.627. The van der Waals surface area contributed by atoms with Gasteiger partial charge in [-0.05, 0) is 49.4 Å². The number of hydrazone groups is 1. The lowest BCUT2D eigenvalue weighted by Crippen LogP contribution is -2.04. The van der Waals surface area contributed by atoms with Gasteiger partial charge in [-0.1, -0.05) is 23.8 Å². The number of rotatable bonds is 3. The van der Waals surface area contributed by atoms with Crippen LogP contribution in [0.5, 0.6) is 0 Å². The van der Waals surface area contributed by atoms with Crippen LogP contribution in [0, 0.1) is 5.92 Å². The molecular formula is C13H15ClN2. The molecule has 3 heteroatoms. The third-order valence-corrected chi connectivity index (χ3v) is 2.88. The van der Waals surface area contributed by atoms with Gasteiger partial charge in [0.1, 0.15) is 0 Å². The first-order valence-electron chi connectivity index (χ1n) is 5.54. The van der Waals surface area contributed by atoms with E-state index in [1.165, 1.54) is 6.42 Å². The number of nitrogens with zero attached hydrogens (tertiary/aromatic N) is 1. The van der Waals surface area contributed by atoms with Crippen LogP contribution >= 0.6 is 11.6 Å². The molecule has 16 heavy (non-hydrogen) atoms. The predicted octanol–water partition coefficient (Wildman–Crippen LogP) is 4.09. The molecule has 0 aliphatic heterocycles. The van der Waals surface area contributed by atoms with E-state index in [1.54, 1.807) is 0 Å². The van der Waals surface area contributed by atoms with E-state index in [-0.39, 0.29) is 0 Å². The lowest BCUT2D eigenvalue weighted by atomic mass is 9.96. The second-order valence-electron chi connectivity index (χ2n) is 3.94. The Labute approximate surface area is 101 Å². The lowest BCUT2D eigenvalue weighted by Gasteiger charge is -2.11. The van der Waals surface area contributed by atoms with Crippen molar-refractivity contribution >= 4 is 23.5 Å². The van der Waals surface area contributed by atoms with Crippen LogP contribution in [0.3, 0.4) is 0 Å². The molecule has 2 nitrogen and oxygen atoms in total. The van der Waals surface area contributed by atoms with Crippen molar-refractivity contribution in [2.24, 2.45) is 11.0 Å². The highest BCUT2D eigenvalue weighted by molar-refractivity contribution is 6.30. The van der Waals surface area contributed by atoms with E-state index in [1.807, 2.05) is 30.5 Å². The Morgan fingerprint density at radius 2 is 2.06 bits per heavy atom. The molecule has 0 aromatic heterocycles. The molecule has 1 aromatic carbocycles. The Morgan fingerprint density at radius 3 is 2.75 bits per heavy atom. The van der Waals surface area contributed by atoms with Gasteiger partial charge in [0.25, 0.3) is 0 Å². The Balaban J connectivity index is 1.84. The maximum atomic E-state index is 5.79. The van der Waals surface area contributed by atoms with Crippen molar-refractivity contribution in [2.75, 3.05) is 5.43 Å². The molecule has 0 fully saturated rings. The second kappa shape index (κ2) is 5.71. The third kappa shape index (κ3) is 3.38. The molecule has 0 bridgehead atoms. The van der Waals surface area contributed by atoms with Crippen LogP contribution < -0.4 is 5.43 Å². The van der Waals surface area contributed by atoms with Crippen LogP contribution in [0.15, 0.2) is 41.5 Å². The summed E-state index contributed by atoms with van der Waals surface area (Å²) in [6.45, 7) is 0. The number of anilines is 1. The average Bonchev–Trinajstić information content (AvgIpc) is 2.33. The summed E-state index contributed by atoms with van der Waals surface area (Å²) in [4.78, 5) is 0. The van der Waals surface area contributed by atoms with Gasteiger partial charge in [0.05, 0.1) is 5.69 Å². The number of benzene rings is 1. The van der Waals surface area contributed by atoms with Crippen molar-refractivity contribution in [1.82, 2.24) is 0 Å². The molecular weight excluding hydrogens is 220 g/mol. The monoisotopic (exact) mass is 234 g/mol. The van der Waals surface area contributed by atoms with Gasteiger partial charge in [-0.2, -0.15) is 5.10 Å². The van der Waals surface area contributed by atoms with Crippen molar-refractivity contribution in [2.45, 2.75) is 19.3 Å². The zero-order valence-electron chi connectivity index (χ0n) is 9.07. The fourth-order valence-corrected chi connectivity index (χ4v) is 1.82. The molecule has 0 unspecified atom stereocenters. The van der Waals surface area contributed by atoms with Crippen LogP contribution in [0.1, 0.15) is 19.3 Å². The van der Waals surface area contributed by atoms with E-state index in [2.05, 4.69) is 22.7 Å². The topological polar surface area (TPSA) is 24.4 Å². The highest BCUT2D eigenvalue weighted by Crippen LogP contribution is 2.16. The minimum atomic E-state index is 0.574. The molecule has 0 saturated carbocycles. The molecule has 0 amide bonds. The van der Waals surface area contributed by atoms with Gasteiger partial charge in [-0.3, -0.25) is 5.43 Å². The van der Waals surface area contributed by atoms with Gasteiger partial charge in [0, 0.05) is 11.2 Å². The standard InChI is InChI=1S/C13H15ClN2/c14-12-6-8-13(9-7-12)16-15-10-11-4-2-1-3-5-11/h1-2,6-11,16H,3-5H2/b15-10-/t11-/m1/s1. The molecule has 0 saturated heterocycles. The van der Waals surface area contributed by atoms with Gasteiger partial charge >= 0.3 is 0 Å². The predicted molar refractivity (Wildman–Crippen MR) is 70.0 cm³/mol. The van der Waals surface area contributed by atoms with Gasteiger partial charge in [0.2, 0.25) is 0 Å². The van der Waals surface area contributed by atoms with Gasteiger partial charge < -0.3 is 0 Å². The molecule has 84 valence electrons. The Hall–Kier alpha value is -1.28. The fraction of sp³-hybridized carbons (Fsp3) is 0.308. The van der Waals surface area contributed by atoms with Gasteiger partial charge in [-0.15, -0.1) is 0 Å². The zero-order valence-corrected chi connectivity index (χ0v) is 9.82. The van der Waals surface area contributed by atoms with E-state index in [4.69, 9.17) is 11.6 Å². The zero-order chi connectivity index (χ0) is 11.2. The number of nitrogens with one attached hydrogen (secondary N) is 1. The van der Waals surface area contributed by atoms with Crippen molar-refractivity contribution in [3.05, 3.63) is 41.4 Å². The number of hydrogen-bond donors (Lipinski definition) is 1. The molecule has 1 N–H and O–H groups in total. The van der Waals surface area contributed by atoms with Gasteiger partial charge in [0.15, 0.2) is 0 Å². The molecule has 2 rings (SSSR count). The normalized spacial score (nSPS) is 20.2. The third-order valence-electron chi connectivity index (χ3n) is 2.63. The number of allylic oxidation sites excluding steroid dienone is 2. The minimum absolute atomic E-state index is 0.574. The summed E-state index contributed by atoms with van der Waals surface area (Å²) in [5, 5.41) is 4.99. The summed E-state index contributed by atoms with van der Waals surface area (Å²) in [6.07, 6.45) is 9.92. The molecule has 1 aromatic rings. The van der Waals surface area contributed by atoms with E-state index in [0.29, 0.717) is 5.92 Å². The van der Waals surface area contributed by atoms with Crippen LogP contribution in [0.25, 0.3) is 0 Å². The molecule has 1 atom stereocenters. The Morgan fingerprint density at radius 1 is 1.25 bits per heavy atom. The van der Waals surface area contributed by atoms with Crippen LogP contribution in [-0.2, 0) is 0 Å².